The molecule has 0 saturated heterocycles. The van der Waals surface area contributed by atoms with E-state index in [1.54, 1.807) is 0 Å². The average molecular weight is 317 g/mol. The first kappa shape index (κ1) is 17.3. The van der Waals surface area contributed by atoms with Crippen LogP contribution in [0, 0.1) is 0 Å². The monoisotopic (exact) mass is 316 g/mol. The summed E-state index contributed by atoms with van der Waals surface area (Å²) in [4.78, 5) is 11.7. The minimum atomic E-state index is 0. The number of carbonyl (C=O) groups excluding carboxylic acids is 1. The van der Waals surface area contributed by atoms with Crippen molar-refractivity contribution in [3.63, 3.8) is 0 Å². The Morgan fingerprint density at radius 1 is 1.30 bits per heavy atom. The van der Waals surface area contributed by atoms with Gasteiger partial charge in [0.15, 0.2) is 0 Å². The van der Waals surface area contributed by atoms with Crippen molar-refractivity contribution >= 4 is 29.9 Å². The van der Waals surface area contributed by atoms with Crippen molar-refractivity contribution in [2.75, 3.05) is 20.1 Å². The quantitative estimate of drug-likeness (QED) is 0.759. The molecular formula is C15H22Cl2N2O. The van der Waals surface area contributed by atoms with E-state index in [1.165, 1.54) is 5.56 Å². The van der Waals surface area contributed by atoms with Gasteiger partial charge in [-0.1, -0.05) is 23.7 Å². The lowest BCUT2D eigenvalue weighted by atomic mass is 9.96. The first-order valence-electron chi connectivity index (χ1n) is 6.84. The average Bonchev–Trinajstić information content (AvgIpc) is 3.19. The molecule has 1 aromatic carbocycles. The molecule has 0 heterocycles. The van der Waals surface area contributed by atoms with Crippen molar-refractivity contribution in [3.05, 3.63) is 34.9 Å². The van der Waals surface area contributed by atoms with Crippen LogP contribution in [0.5, 0.6) is 0 Å². The maximum atomic E-state index is 11.7. The van der Waals surface area contributed by atoms with Gasteiger partial charge in [-0.05, 0) is 50.6 Å². The van der Waals surface area contributed by atoms with Gasteiger partial charge >= 0.3 is 0 Å². The van der Waals surface area contributed by atoms with Crippen LogP contribution < -0.4 is 10.6 Å². The van der Waals surface area contributed by atoms with Gasteiger partial charge in [0.25, 0.3) is 0 Å². The first-order valence-corrected chi connectivity index (χ1v) is 7.21. The molecule has 2 rings (SSSR count). The van der Waals surface area contributed by atoms with Gasteiger partial charge < -0.3 is 10.6 Å². The van der Waals surface area contributed by atoms with Crippen molar-refractivity contribution < 1.29 is 4.79 Å². The summed E-state index contributed by atoms with van der Waals surface area (Å²) in [6.07, 6.45) is 3.77. The van der Waals surface area contributed by atoms with Crippen LogP contribution in [-0.4, -0.2) is 26.0 Å². The van der Waals surface area contributed by atoms with Crippen LogP contribution in [0.25, 0.3) is 0 Å². The highest BCUT2D eigenvalue weighted by Crippen LogP contribution is 2.47. The highest BCUT2D eigenvalue weighted by atomic mass is 35.5. The Labute approximate surface area is 131 Å². The Bertz CT molecular complexity index is 430. The molecule has 0 radical (unpaired) electrons. The molecule has 1 saturated carbocycles. The number of benzene rings is 1. The van der Waals surface area contributed by atoms with Crippen LogP contribution in [0.15, 0.2) is 24.3 Å². The summed E-state index contributed by atoms with van der Waals surface area (Å²) in [5.74, 6) is 0.149. The van der Waals surface area contributed by atoms with Crippen molar-refractivity contribution in [3.8, 4) is 0 Å². The maximum absolute atomic E-state index is 11.7. The molecule has 5 heteroatoms. The van der Waals surface area contributed by atoms with E-state index in [0.717, 1.165) is 37.4 Å². The molecule has 0 atom stereocenters. The Morgan fingerprint density at radius 3 is 2.50 bits per heavy atom. The topological polar surface area (TPSA) is 41.1 Å². The second-order valence-corrected chi connectivity index (χ2v) is 5.71. The molecule has 1 aromatic rings. The third kappa shape index (κ3) is 4.65. The fraction of sp³-hybridized carbons (Fsp3) is 0.533. The SMILES string of the molecule is CNCCCC(=O)NCC1(c2ccc(Cl)cc2)CC1.Cl. The fourth-order valence-corrected chi connectivity index (χ4v) is 2.43. The van der Waals surface area contributed by atoms with Crippen LogP contribution in [0.1, 0.15) is 31.2 Å². The molecule has 1 aliphatic carbocycles. The Balaban J connectivity index is 0.00000200. The van der Waals surface area contributed by atoms with Gasteiger partial charge in [0, 0.05) is 23.4 Å². The first-order chi connectivity index (χ1) is 9.16. The number of hydrogen-bond donors (Lipinski definition) is 2. The van der Waals surface area contributed by atoms with Gasteiger partial charge in [-0.15, -0.1) is 12.4 Å². The molecule has 1 fully saturated rings. The van der Waals surface area contributed by atoms with Crippen LogP contribution in [0.2, 0.25) is 5.02 Å². The molecule has 1 amide bonds. The third-order valence-electron chi connectivity index (χ3n) is 3.76. The molecule has 0 spiro atoms. The van der Waals surface area contributed by atoms with Gasteiger partial charge in [0.05, 0.1) is 0 Å². The van der Waals surface area contributed by atoms with Gasteiger partial charge in [-0.3, -0.25) is 4.79 Å². The zero-order valence-electron chi connectivity index (χ0n) is 11.7. The smallest absolute Gasteiger partial charge is 0.220 e. The minimum Gasteiger partial charge on any atom is -0.355 e. The number of hydrogen-bond acceptors (Lipinski definition) is 2. The van der Waals surface area contributed by atoms with Gasteiger partial charge in [0.2, 0.25) is 5.91 Å². The highest BCUT2D eigenvalue weighted by Gasteiger charge is 2.44. The lowest BCUT2D eigenvalue weighted by molar-refractivity contribution is -0.121. The van der Waals surface area contributed by atoms with Crippen molar-refractivity contribution in [2.24, 2.45) is 0 Å². The summed E-state index contributed by atoms with van der Waals surface area (Å²) < 4.78 is 0. The van der Waals surface area contributed by atoms with Crippen LogP contribution in [0.4, 0.5) is 0 Å². The molecule has 0 aromatic heterocycles. The lowest BCUT2D eigenvalue weighted by Gasteiger charge is -2.16. The molecule has 0 unspecified atom stereocenters. The predicted molar refractivity (Wildman–Crippen MR) is 85.8 cm³/mol. The molecule has 0 aliphatic heterocycles. The van der Waals surface area contributed by atoms with E-state index in [2.05, 4.69) is 22.8 Å². The zero-order valence-corrected chi connectivity index (χ0v) is 13.3. The number of rotatable bonds is 7. The van der Waals surface area contributed by atoms with E-state index in [1.807, 2.05) is 19.2 Å². The van der Waals surface area contributed by atoms with Crippen LogP contribution in [0.3, 0.4) is 0 Å². The van der Waals surface area contributed by atoms with Gasteiger partial charge in [-0.25, -0.2) is 0 Å². The van der Waals surface area contributed by atoms with Gasteiger partial charge in [-0.2, -0.15) is 0 Å². The van der Waals surface area contributed by atoms with E-state index in [0.29, 0.717) is 6.42 Å². The van der Waals surface area contributed by atoms with Crippen molar-refractivity contribution in [2.45, 2.75) is 31.1 Å². The molecule has 2 N–H and O–H groups in total. The Kier molecular flexibility index (Phi) is 6.80. The maximum Gasteiger partial charge on any atom is 0.220 e. The van der Waals surface area contributed by atoms with E-state index in [-0.39, 0.29) is 23.7 Å². The predicted octanol–water partition coefficient (Wildman–Crippen LogP) is 2.91. The second-order valence-electron chi connectivity index (χ2n) is 5.27. The van der Waals surface area contributed by atoms with Crippen molar-refractivity contribution in [1.82, 2.24) is 10.6 Å². The summed E-state index contributed by atoms with van der Waals surface area (Å²) in [6.45, 7) is 1.63. The Morgan fingerprint density at radius 2 is 1.95 bits per heavy atom. The Hall–Kier alpha value is -0.770. The summed E-state index contributed by atoms with van der Waals surface area (Å²) >= 11 is 5.90. The van der Waals surface area contributed by atoms with E-state index < -0.39 is 0 Å². The summed E-state index contributed by atoms with van der Waals surface area (Å²) in [6, 6.07) is 7.99. The molecule has 3 nitrogen and oxygen atoms in total. The molecule has 112 valence electrons. The largest absolute Gasteiger partial charge is 0.355 e. The van der Waals surface area contributed by atoms with Crippen LogP contribution >= 0.6 is 24.0 Å². The number of carbonyl (C=O) groups is 1. The summed E-state index contributed by atoms with van der Waals surface area (Å²) in [5.41, 5.74) is 1.44. The third-order valence-corrected chi connectivity index (χ3v) is 4.02. The minimum absolute atomic E-state index is 0. The standard InChI is InChI=1S/C15H21ClN2O.ClH/c1-17-10-2-3-14(19)18-11-15(8-9-15)12-4-6-13(16)7-5-12;/h4-7,17H,2-3,8-11H2,1H3,(H,18,19);1H. The molecule has 1 aliphatic rings. The van der Waals surface area contributed by atoms with Crippen LogP contribution in [-0.2, 0) is 10.2 Å². The number of halogens is 2. The zero-order chi connectivity index (χ0) is 13.7. The van der Waals surface area contributed by atoms with Gasteiger partial charge in [0.1, 0.15) is 0 Å². The van der Waals surface area contributed by atoms with E-state index in [4.69, 9.17) is 11.6 Å². The summed E-state index contributed by atoms with van der Waals surface area (Å²) in [7, 11) is 1.90. The normalized spacial score (nSPS) is 15.3. The second kappa shape index (κ2) is 7.87. The fourth-order valence-electron chi connectivity index (χ4n) is 2.30. The van der Waals surface area contributed by atoms with E-state index in [9.17, 15) is 4.79 Å². The molecule has 20 heavy (non-hydrogen) atoms. The van der Waals surface area contributed by atoms with Crippen molar-refractivity contribution in [1.29, 1.82) is 0 Å². The number of nitrogens with one attached hydrogen (secondary N) is 2. The summed E-state index contributed by atoms with van der Waals surface area (Å²) in [5, 5.41) is 6.86. The lowest BCUT2D eigenvalue weighted by Crippen LogP contribution is -2.32. The molecular weight excluding hydrogens is 295 g/mol. The highest BCUT2D eigenvalue weighted by molar-refractivity contribution is 6.30. The number of amides is 1. The van der Waals surface area contributed by atoms with E-state index >= 15 is 0 Å². The molecule has 0 bridgehead atoms.